The van der Waals surface area contributed by atoms with Crippen molar-refractivity contribution in [3.05, 3.63) is 28.2 Å². The van der Waals surface area contributed by atoms with Crippen molar-refractivity contribution in [3.8, 4) is 5.75 Å². The Balaban J connectivity index is 2.72. The van der Waals surface area contributed by atoms with Gasteiger partial charge in [-0.1, -0.05) is 0 Å². The molecule has 2 aromatic heterocycles. The van der Waals surface area contributed by atoms with Crippen molar-refractivity contribution < 1.29 is 13.9 Å². The zero-order valence-electron chi connectivity index (χ0n) is 6.95. The monoisotopic (exact) mass is 300 g/mol. The Labute approximate surface area is 92.4 Å². The molecule has 2 heterocycles. The van der Waals surface area contributed by atoms with Crippen LogP contribution >= 0.6 is 22.6 Å². The van der Waals surface area contributed by atoms with Gasteiger partial charge in [-0.2, -0.15) is 0 Å². The van der Waals surface area contributed by atoms with Gasteiger partial charge in [0.05, 0.1) is 26.9 Å². The van der Waals surface area contributed by atoms with E-state index in [4.69, 9.17) is 8.83 Å². The highest BCUT2D eigenvalue weighted by Gasteiger charge is 2.15. The van der Waals surface area contributed by atoms with Gasteiger partial charge in [-0.3, -0.25) is 0 Å². The van der Waals surface area contributed by atoms with Crippen molar-refractivity contribution >= 4 is 44.5 Å². The van der Waals surface area contributed by atoms with Gasteiger partial charge in [-0.25, -0.2) is 0 Å². The first-order valence-electron chi connectivity index (χ1n) is 4.04. The summed E-state index contributed by atoms with van der Waals surface area (Å²) in [5, 5.41) is 11.3. The summed E-state index contributed by atoms with van der Waals surface area (Å²) < 4.78 is 11.4. The van der Waals surface area contributed by atoms with E-state index in [1.807, 2.05) is 0 Å². The third kappa shape index (κ3) is 0.863. The average Bonchev–Trinajstić information content (AvgIpc) is 2.82. The topological polar surface area (TPSA) is 46.5 Å². The Hall–Kier alpha value is -1.17. The molecule has 1 N–H and O–H groups in total. The molecule has 70 valence electrons. The van der Waals surface area contributed by atoms with E-state index in [9.17, 15) is 5.11 Å². The summed E-state index contributed by atoms with van der Waals surface area (Å²) in [7, 11) is 0. The molecule has 3 rings (SSSR count). The fourth-order valence-corrected chi connectivity index (χ4v) is 2.41. The first-order chi connectivity index (χ1) is 6.79. The smallest absolute Gasteiger partial charge is 0.154 e. The second-order valence-electron chi connectivity index (χ2n) is 2.99. The highest BCUT2D eigenvalue weighted by atomic mass is 127. The van der Waals surface area contributed by atoms with E-state index in [0.717, 1.165) is 14.3 Å². The zero-order chi connectivity index (χ0) is 9.71. The van der Waals surface area contributed by atoms with Gasteiger partial charge in [0.1, 0.15) is 5.75 Å². The molecule has 0 unspecified atom stereocenters. The fraction of sp³-hybridized carbons (Fsp3) is 0. The Morgan fingerprint density at radius 2 is 1.50 bits per heavy atom. The molecule has 4 heteroatoms. The van der Waals surface area contributed by atoms with Gasteiger partial charge in [-0.05, 0) is 34.7 Å². The standard InChI is InChI=1S/C10H5IO3/c11-7-9-5(1-3-13-9)8(12)6-2-4-14-10(6)7/h1-4,12H. The maximum absolute atomic E-state index is 9.89. The number of phenolic OH excluding ortho intramolecular Hbond substituents is 1. The van der Waals surface area contributed by atoms with Crippen LogP contribution in [-0.4, -0.2) is 5.11 Å². The summed E-state index contributed by atoms with van der Waals surface area (Å²) in [6.07, 6.45) is 3.12. The van der Waals surface area contributed by atoms with E-state index in [0.29, 0.717) is 11.2 Å². The molecular formula is C10H5IO3. The molecule has 0 bridgehead atoms. The van der Waals surface area contributed by atoms with Gasteiger partial charge >= 0.3 is 0 Å². The number of fused-ring (bicyclic) bond motifs is 2. The number of hydrogen-bond acceptors (Lipinski definition) is 3. The molecule has 0 saturated heterocycles. The lowest BCUT2D eigenvalue weighted by Crippen LogP contribution is -1.76. The SMILES string of the molecule is Oc1c2ccoc2c(I)c2occc12. The van der Waals surface area contributed by atoms with Crippen molar-refractivity contribution in [2.75, 3.05) is 0 Å². The largest absolute Gasteiger partial charge is 0.506 e. The number of phenols is 1. The molecule has 14 heavy (non-hydrogen) atoms. The molecule has 3 nitrogen and oxygen atoms in total. The molecule has 0 fully saturated rings. The number of halogens is 1. The van der Waals surface area contributed by atoms with Crippen molar-refractivity contribution in [1.29, 1.82) is 0 Å². The molecule has 0 aliphatic carbocycles. The van der Waals surface area contributed by atoms with E-state index in [-0.39, 0.29) is 5.75 Å². The first kappa shape index (κ1) is 8.16. The predicted octanol–water partition coefficient (Wildman–Crippen LogP) is 3.49. The second-order valence-corrected chi connectivity index (χ2v) is 4.07. The molecule has 3 aromatic rings. The highest BCUT2D eigenvalue weighted by Crippen LogP contribution is 2.38. The lowest BCUT2D eigenvalue weighted by Gasteiger charge is -1.98. The van der Waals surface area contributed by atoms with E-state index in [1.54, 1.807) is 24.7 Å². The van der Waals surface area contributed by atoms with Crippen LogP contribution in [0, 0.1) is 3.57 Å². The number of rotatable bonds is 0. The average molecular weight is 300 g/mol. The Bertz CT molecular complexity index is 518. The maximum atomic E-state index is 9.89. The summed E-state index contributed by atoms with van der Waals surface area (Å²) in [5.41, 5.74) is 1.34. The molecule has 1 aromatic carbocycles. The van der Waals surface area contributed by atoms with E-state index in [2.05, 4.69) is 22.6 Å². The normalized spacial score (nSPS) is 11.5. The van der Waals surface area contributed by atoms with Crippen LogP contribution in [0.1, 0.15) is 0 Å². The first-order valence-corrected chi connectivity index (χ1v) is 5.12. The summed E-state index contributed by atoms with van der Waals surface area (Å²) in [6.45, 7) is 0. The van der Waals surface area contributed by atoms with Crippen LogP contribution in [0.5, 0.6) is 5.75 Å². The van der Waals surface area contributed by atoms with Crippen LogP contribution in [0.4, 0.5) is 0 Å². The third-order valence-electron chi connectivity index (χ3n) is 2.24. The molecule has 0 saturated carbocycles. The van der Waals surface area contributed by atoms with Crippen LogP contribution in [0.3, 0.4) is 0 Å². The van der Waals surface area contributed by atoms with Crippen LogP contribution in [0.15, 0.2) is 33.5 Å². The van der Waals surface area contributed by atoms with Gasteiger partial charge in [-0.15, -0.1) is 0 Å². The van der Waals surface area contributed by atoms with Gasteiger partial charge in [0.2, 0.25) is 0 Å². The summed E-state index contributed by atoms with van der Waals surface area (Å²) in [5.74, 6) is 0.220. The van der Waals surface area contributed by atoms with Gasteiger partial charge < -0.3 is 13.9 Å². The predicted molar refractivity (Wildman–Crippen MR) is 60.4 cm³/mol. The molecule has 0 amide bonds. The molecule has 0 radical (unpaired) electrons. The lowest BCUT2D eigenvalue weighted by molar-refractivity contribution is 0.487. The van der Waals surface area contributed by atoms with Crippen molar-refractivity contribution in [2.24, 2.45) is 0 Å². The number of aromatic hydroxyl groups is 1. The minimum absolute atomic E-state index is 0.220. The Morgan fingerprint density at radius 1 is 1.00 bits per heavy atom. The Morgan fingerprint density at radius 3 is 2.00 bits per heavy atom. The summed E-state index contributed by atoms with van der Waals surface area (Å²) >= 11 is 2.15. The molecule has 0 aliphatic rings. The van der Waals surface area contributed by atoms with E-state index < -0.39 is 0 Å². The molecule has 0 aliphatic heterocycles. The summed E-state index contributed by atoms with van der Waals surface area (Å²) in [6, 6.07) is 3.50. The molecule has 0 spiro atoms. The van der Waals surface area contributed by atoms with E-state index in [1.165, 1.54) is 0 Å². The van der Waals surface area contributed by atoms with E-state index >= 15 is 0 Å². The number of hydrogen-bond donors (Lipinski definition) is 1. The number of benzene rings is 1. The van der Waals surface area contributed by atoms with Crippen LogP contribution < -0.4 is 0 Å². The molecular weight excluding hydrogens is 295 g/mol. The molecule has 0 atom stereocenters. The van der Waals surface area contributed by atoms with Crippen LogP contribution in [0.25, 0.3) is 21.9 Å². The van der Waals surface area contributed by atoms with Crippen LogP contribution in [0.2, 0.25) is 0 Å². The summed E-state index contributed by atoms with van der Waals surface area (Å²) in [4.78, 5) is 0. The van der Waals surface area contributed by atoms with Gasteiger partial charge in [0.25, 0.3) is 0 Å². The quantitative estimate of drug-likeness (QED) is 0.646. The fourth-order valence-electron chi connectivity index (χ4n) is 1.58. The van der Waals surface area contributed by atoms with Crippen molar-refractivity contribution in [2.45, 2.75) is 0 Å². The minimum atomic E-state index is 0.220. The highest BCUT2D eigenvalue weighted by molar-refractivity contribution is 14.1. The van der Waals surface area contributed by atoms with Crippen molar-refractivity contribution in [3.63, 3.8) is 0 Å². The van der Waals surface area contributed by atoms with Crippen molar-refractivity contribution in [1.82, 2.24) is 0 Å². The van der Waals surface area contributed by atoms with Gasteiger partial charge in [0.15, 0.2) is 11.2 Å². The zero-order valence-corrected chi connectivity index (χ0v) is 9.11. The van der Waals surface area contributed by atoms with Gasteiger partial charge in [0, 0.05) is 0 Å². The minimum Gasteiger partial charge on any atom is -0.506 e. The third-order valence-corrected chi connectivity index (χ3v) is 3.22. The Kier molecular flexibility index (Phi) is 1.55. The lowest BCUT2D eigenvalue weighted by atomic mass is 10.2. The number of furan rings is 2. The maximum Gasteiger partial charge on any atom is 0.154 e. The second kappa shape index (κ2) is 2.66. The van der Waals surface area contributed by atoms with Crippen LogP contribution in [-0.2, 0) is 0 Å².